The van der Waals surface area contributed by atoms with Crippen LogP contribution in [-0.2, 0) is 9.47 Å². The van der Waals surface area contributed by atoms with Crippen molar-refractivity contribution in [3.05, 3.63) is 11.6 Å². The highest BCUT2D eigenvalue weighted by atomic mass is 28.3. The van der Waals surface area contributed by atoms with Crippen LogP contribution in [0.15, 0.2) is 11.6 Å². The fraction of sp³-hybridized carbons (Fsp3) is 0.727. The van der Waals surface area contributed by atoms with Gasteiger partial charge in [-0.05, 0) is 25.5 Å². The minimum absolute atomic E-state index is 0.186. The molecule has 0 N–H and O–H groups in total. The summed E-state index contributed by atoms with van der Waals surface area (Å²) in [5.41, 5.74) is 1.18. The molecule has 0 saturated carbocycles. The summed E-state index contributed by atoms with van der Waals surface area (Å²) in [5.74, 6) is 0. The summed E-state index contributed by atoms with van der Waals surface area (Å²) in [5, 5.41) is 0. The van der Waals surface area contributed by atoms with E-state index in [0.29, 0.717) is 0 Å². The Morgan fingerprint density at radius 2 is 1.93 bits per heavy atom. The average molecular weight is 230 g/mol. The Labute approximate surface area is 93.5 Å². The zero-order chi connectivity index (χ0) is 12.1. The monoisotopic (exact) mass is 230 g/mol. The Bertz CT molecular complexity index is 241. The van der Waals surface area contributed by atoms with Crippen molar-refractivity contribution in [1.29, 1.82) is 0 Å². The molecule has 0 aliphatic heterocycles. The van der Waals surface area contributed by atoms with Gasteiger partial charge in [0.05, 0.1) is 7.11 Å². The summed E-state index contributed by atoms with van der Waals surface area (Å²) >= 11 is 0. The van der Waals surface area contributed by atoms with Crippen LogP contribution in [0.5, 0.6) is 0 Å². The third-order valence-electron chi connectivity index (χ3n) is 2.07. The van der Waals surface area contributed by atoms with Crippen LogP contribution < -0.4 is 0 Å². The van der Waals surface area contributed by atoms with E-state index in [0.717, 1.165) is 6.04 Å². The van der Waals surface area contributed by atoms with Gasteiger partial charge in [-0.25, -0.2) is 4.79 Å². The molecule has 1 atom stereocenters. The van der Waals surface area contributed by atoms with E-state index >= 15 is 0 Å². The molecule has 0 saturated heterocycles. The lowest BCUT2D eigenvalue weighted by Crippen LogP contribution is -2.25. The summed E-state index contributed by atoms with van der Waals surface area (Å²) in [6.45, 7) is 10.7. The van der Waals surface area contributed by atoms with Crippen molar-refractivity contribution in [3.63, 3.8) is 0 Å². The number of hydrogen-bond donors (Lipinski definition) is 0. The van der Waals surface area contributed by atoms with Crippen LogP contribution in [0.1, 0.15) is 13.8 Å². The molecule has 0 aromatic rings. The molecule has 0 aromatic carbocycles. The largest absolute Gasteiger partial charge is 0.508 e. The van der Waals surface area contributed by atoms with E-state index in [1.807, 2.05) is 19.9 Å². The first kappa shape index (κ1) is 14.2. The van der Waals surface area contributed by atoms with Gasteiger partial charge in [-0.15, -0.1) is 0 Å². The number of allylic oxidation sites excluding steroid dienone is 1. The molecule has 4 heteroatoms. The summed E-state index contributed by atoms with van der Waals surface area (Å²) in [4.78, 5) is 10.9. The molecule has 0 spiro atoms. The predicted octanol–water partition coefficient (Wildman–Crippen LogP) is 3.44. The molecule has 0 rings (SSSR count). The second-order valence-corrected chi connectivity index (χ2v) is 10.3. The summed E-state index contributed by atoms with van der Waals surface area (Å²) in [6, 6.07) is 1.04. The molecular weight excluding hydrogens is 208 g/mol. The molecule has 0 amide bonds. The highest BCUT2D eigenvalue weighted by molar-refractivity contribution is 6.76. The Morgan fingerprint density at radius 3 is 2.27 bits per heavy atom. The van der Waals surface area contributed by atoms with Crippen molar-refractivity contribution < 1.29 is 14.3 Å². The van der Waals surface area contributed by atoms with Crippen molar-refractivity contribution in [2.45, 2.75) is 45.6 Å². The molecule has 88 valence electrons. The SMILES string of the molecule is C/C=C(/C[Si](C)(C)C)C(C)OC(=O)OC. The molecular formula is C11H22O3Si. The quantitative estimate of drug-likeness (QED) is 0.421. The standard InChI is InChI=1S/C11H22O3Si/c1-7-10(8-15(4,5)6)9(2)14-11(12)13-3/h7,9H,8H2,1-6H3/b10-7-. The number of carbonyl (C=O) groups excluding carboxylic acids is 1. The Morgan fingerprint density at radius 1 is 1.40 bits per heavy atom. The molecule has 0 fully saturated rings. The van der Waals surface area contributed by atoms with Gasteiger partial charge in [0.1, 0.15) is 6.10 Å². The van der Waals surface area contributed by atoms with Gasteiger partial charge in [0.15, 0.2) is 0 Å². The molecule has 1 unspecified atom stereocenters. The molecule has 3 nitrogen and oxygen atoms in total. The average Bonchev–Trinajstić information content (AvgIpc) is 2.12. The van der Waals surface area contributed by atoms with Gasteiger partial charge in [0.2, 0.25) is 0 Å². The lowest BCUT2D eigenvalue weighted by atomic mass is 10.2. The molecule has 15 heavy (non-hydrogen) atoms. The minimum atomic E-state index is -1.17. The Balaban J connectivity index is 4.37. The van der Waals surface area contributed by atoms with Crippen molar-refractivity contribution >= 4 is 14.2 Å². The van der Waals surface area contributed by atoms with E-state index in [9.17, 15) is 4.79 Å². The van der Waals surface area contributed by atoms with Gasteiger partial charge in [-0.1, -0.05) is 25.7 Å². The maximum absolute atomic E-state index is 10.9. The second-order valence-electron chi connectivity index (χ2n) is 4.82. The van der Waals surface area contributed by atoms with E-state index in [1.54, 1.807) is 0 Å². The normalized spacial score (nSPS) is 14.7. The highest BCUT2D eigenvalue weighted by Gasteiger charge is 2.21. The minimum Gasteiger partial charge on any atom is -0.438 e. The molecule has 0 aliphatic carbocycles. The topological polar surface area (TPSA) is 35.5 Å². The van der Waals surface area contributed by atoms with Crippen LogP contribution in [0, 0.1) is 0 Å². The van der Waals surface area contributed by atoms with Crippen LogP contribution in [0.25, 0.3) is 0 Å². The maximum atomic E-state index is 10.9. The summed E-state index contributed by atoms with van der Waals surface area (Å²) in [6.07, 6.45) is 1.23. The summed E-state index contributed by atoms with van der Waals surface area (Å²) < 4.78 is 9.56. The first-order valence-corrected chi connectivity index (χ1v) is 8.90. The molecule has 0 heterocycles. The first-order valence-electron chi connectivity index (χ1n) is 5.20. The van der Waals surface area contributed by atoms with E-state index in [2.05, 4.69) is 24.4 Å². The highest BCUT2D eigenvalue weighted by Crippen LogP contribution is 2.20. The molecule has 0 aliphatic rings. The van der Waals surface area contributed by atoms with Gasteiger partial charge in [0.25, 0.3) is 0 Å². The first-order chi connectivity index (χ1) is 6.80. The van der Waals surface area contributed by atoms with Gasteiger partial charge in [-0.3, -0.25) is 0 Å². The van der Waals surface area contributed by atoms with E-state index < -0.39 is 14.2 Å². The molecule has 0 bridgehead atoms. The van der Waals surface area contributed by atoms with Crippen LogP contribution in [0.4, 0.5) is 4.79 Å². The van der Waals surface area contributed by atoms with Gasteiger partial charge < -0.3 is 9.47 Å². The van der Waals surface area contributed by atoms with Crippen LogP contribution in [-0.4, -0.2) is 27.4 Å². The maximum Gasteiger partial charge on any atom is 0.508 e. The number of methoxy groups -OCH3 is 1. The van der Waals surface area contributed by atoms with Gasteiger partial charge >= 0.3 is 6.16 Å². The molecule has 0 radical (unpaired) electrons. The van der Waals surface area contributed by atoms with Crippen LogP contribution >= 0.6 is 0 Å². The predicted molar refractivity (Wildman–Crippen MR) is 64.9 cm³/mol. The lowest BCUT2D eigenvalue weighted by molar-refractivity contribution is 0.0545. The van der Waals surface area contributed by atoms with Gasteiger partial charge in [0, 0.05) is 8.07 Å². The van der Waals surface area contributed by atoms with Crippen molar-refractivity contribution in [1.82, 2.24) is 0 Å². The van der Waals surface area contributed by atoms with Crippen molar-refractivity contribution in [2.75, 3.05) is 7.11 Å². The zero-order valence-electron chi connectivity index (χ0n) is 10.6. The fourth-order valence-electron chi connectivity index (χ4n) is 1.36. The zero-order valence-corrected chi connectivity index (χ0v) is 11.6. The van der Waals surface area contributed by atoms with Crippen LogP contribution in [0.3, 0.4) is 0 Å². The van der Waals surface area contributed by atoms with E-state index in [4.69, 9.17) is 4.74 Å². The Kier molecular flexibility index (Phi) is 5.65. The number of rotatable bonds is 4. The van der Waals surface area contributed by atoms with E-state index in [1.165, 1.54) is 12.7 Å². The number of ether oxygens (including phenoxy) is 2. The lowest BCUT2D eigenvalue weighted by Gasteiger charge is -2.22. The smallest absolute Gasteiger partial charge is 0.438 e. The van der Waals surface area contributed by atoms with Gasteiger partial charge in [-0.2, -0.15) is 0 Å². The fourth-order valence-corrected chi connectivity index (χ4v) is 3.08. The Hall–Kier alpha value is -0.773. The third-order valence-corrected chi connectivity index (χ3v) is 3.54. The molecule has 0 aromatic heterocycles. The third kappa shape index (κ3) is 6.33. The van der Waals surface area contributed by atoms with Crippen LogP contribution in [0.2, 0.25) is 25.7 Å². The summed E-state index contributed by atoms with van der Waals surface area (Å²) in [7, 11) is 0.157. The van der Waals surface area contributed by atoms with E-state index in [-0.39, 0.29) is 6.10 Å². The number of carbonyl (C=O) groups is 1. The van der Waals surface area contributed by atoms with Crippen molar-refractivity contribution in [2.24, 2.45) is 0 Å². The van der Waals surface area contributed by atoms with Crippen molar-refractivity contribution in [3.8, 4) is 0 Å². The second kappa shape index (κ2) is 5.95. The number of hydrogen-bond acceptors (Lipinski definition) is 3.